The zero-order chi connectivity index (χ0) is 10.8. The molecule has 0 amide bonds. The van der Waals surface area contributed by atoms with Crippen molar-refractivity contribution in [1.82, 2.24) is 0 Å². The Labute approximate surface area is 84.8 Å². The van der Waals surface area contributed by atoms with E-state index in [-0.39, 0.29) is 18.2 Å². The molecular weight excluding hydrogens is 180 g/mol. The fourth-order valence-corrected chi connectivity index (χ4v) is 1.19. The van der Waals surface area contributed by atoms with E-state index in [2.05, 4.69) is 0 Å². The number of esters is 1. The van der Waals surface area contributed by atoms with Gasteiger partial charge in [0.15, 0.2) is 0 Å². The van der Waals surface area contributed by atoms with Gasteiger partial charge in [0.05, 0.1) is 11.5 Å². The van der Waals surface area contributed by atoms with Crippen molar-refractivity contribution in [3.8, 4) is 0 Å². The van der Waals surface area contributed by atoms with Gasteiger partial charge in [-0.3, -0.25) is 4.79 Å². The molecule has 1 aliphatic carbocycles. The molecule has 1 aliphatic rings. The Bertz CT molecular complexity index is 237. The minimum Gasteiger partial charge on any atom is -0.458 e. The molecule has 14 heavy (non-hydrogen) atoms. The zero-order valence-electron chi connectivity index (χ0n) is 8.99. The SMILES string of the molecule is CC(C)(C)C(=O)O[C@@H]1C=C[C@H](O)CC1. The highest BCUT2D eigenvalue weighted by Crippen LogP contribution is 2.20. The summed E-state index contributed by atoms with van der Waals surface area (Å²) in [6.07, 6.45) is 4.28. The molecule has 0 radical (unpaired) electrons. The van der Waals surface area contributed by atoms with Gasteiger partial charge < -0.3 is 9.84 Å². The molecule has 0 bridgehead atoms. The number of aliphatic hydroxyl groups is 1. The van der Waals surface area contributed by atoms with Crippen molar-refractivity contribution in [3.63, 3.8) is 0 Å². The van der Waals surface area contributed by atoms with Crippen LogP contribution >= 0.6 is 0 Å². The van der Waals surface area contributed by atoms with E-state index in [0.717, 1.165) is 0 Å². The molecule has 0 saturated heterocycles. The normalized spacial score (nSPS) is 27.4. The Morgan fingerprint density at radius 3 is 2.43 bits per heavy atom. The smallest absolute Gasteiger partial charge is 0.311 e. The second-order valence-corrected chi connectivity index (χ2v) is 4.72. The van der Waals surface area contributed by atoms with Crippen LogP contribution in [0.4, 0.5) is 0 Å². The van der Waals surface area contributed by atoms with Crippen LogP contribution in [0.25, 0.3) is 0 Å². The largest absolute Gasteiger partial charge is 0.458 e. The summed E-state index contributed by atoms with van der Waals surface area (Å²) in [5.41, 5.74) is -0.454. The fraction of sp³-hybridized carbons (Fsp3) is 0.727. The van der Waals surface area contributed by atoms with Crippen molar-refractivity contribution >= 4 is 5.97 Å². The first-order chi connectivity index (χ1) is 6.39. The van der Waals surface area contributed by atoms with Gasteiger partial charge in [-0.15, -0.1) is 0 Å². The number of ether oxygens (including phenoxy) is 1. The van der Waals surface area contributed by atoms with Crippen LogP contribution in [0.2, 0.25) is 0 Å². The van der Waals surface area contributed by atoms with Gasteiger partial charge in [0.2, 0.25) is 0 Å². The Kier molecular flexibility index (Phi) is 3.32. The lowest BCUT2D eigenvalue weighted by molar-refractivity contribution is -0.157. The zero-order valence-corrected chi connectivity index (χ0v) is 8.99. The lowest BCUT2D eigenvalue weighted by Crippen LogP contribution is -2.29. The number of carbonyl (C=O) groups excluding carboxylic acids is 1. The van der Waals surface area contributed by atoms with Crippen molar-refractivity contribution in [2.45, 2.75) is 45.8 Å². The maximum Gasteiger partial charge on any atom is 0.311 e. The van der Waals surface area contributed by atoms with Crippen LogP contribution in [0.3, 0.4) is 0 Å². The first kappa shape index (κ1) is 11.2. The van der Waals surface area contributed by atoms with E-state index in [0.29, 0.717) is 12.8 Å². The van der Waals surface area contributed by atoms with Crippen LogP contribution < -0.4 is 0 Å². The molecular formula is C11H18O3. The average Bonchev–Trinajstić information content (AvgIpc) is 2.07. The van der Waals surface area contributed by atoms with Crippen molar-refractivity contribution in [3.05, 3.63) is 12.2 Å². The fourth-order valence-electron chi connectivity index (χ4n) is 1.19. The predicted molar refractivity (Wildman–Crippen MR) is 53.7 cm³/mol. The van der Waals surface area contributed by atoms with E-state index in [1.807, 2.05) is 20.8 Å². The van der Waals surface area contributed by atoms with Gasteiger partial charge in [-0.1, -0.05) is 6.08 Å². The third-order valence-electron chi connectivity index (χ3n) is 2.17. The first-order valence-electron chi connectivity index (χ1n) is 4.97. The number of rotatable bonds is 1. The van der Waals surface area contributed by atoms with Gasteiger partial charge in [0.1, 0.15) is 6.10 Å². The van der Waals surface area contributed by atoms with Gasteiger partial charge in [0, 0.05) is 0 Å². The minimum atomic E-state index is -0.454. The van der Waals surface area contributed by atoms with Crippen molar-refractivity contribution < 1.29 is 14.6 Å². The van der Waals surface area contributed by atoms with E-state index < -0.39 is 5.41 Å². The monoisotopic (exact) mass is 198 g/mol. The molecule has 1 rings (SSSR count). The van der Waals surface area contributed by atoms with Crippen LogP contribution in [0.1, 0.15) is 33.6 Å². The van der Waals surface area contributed by atoms with E-state index >= 15 is 0 Å². The molecule has 0 aliphatic heterocycles. The second-order valence-electron chi connectivity index (χ2n) is 4.72. The molecule has 0 spiro atoms. The van der Waals surface area contributed by atoms with E-state index in [1.54, 1.807) is 12.2 Å². The Morgan fingerprint density at radius 2 is 2.00 bits per heavy atom. The van der Waals surface area contributed by atoms with Crippen LogP contribution in [-0.4, -0.2) is 23.3 Å². The van der Waals surface area contributed by atoms with Crippen LogP contribution in [0.5, 0.6) is 0 Å². The third-order valence-corrected chi connectivity index (χ3v) is 2.17. The Balaban J connectivity index is 2.46. The molecule has 0 unspecified atom stereocenters. The molecule has 0 saturated carbocycles. The lowest BCUT2D eigenvalue weighted by Gasteiger charge is -2.24. The molecule has 0 heterocycles. The molecule has 2 atom stereocenters. The Morgan fingerprint density at radius 1 is 1.36 bits per heavy atom. The first-order valence-corrected chi connectivity index (χ1v) is 4.97. The number of carbonyl (C=O) groups is 1. The molecule has 0 aromatic rings. The number of hydrogen-bond acceptors (Lipinski definition) is 3. The number of hydrogen-bond donors (Lipinski definition) is 1. The third kappa shape index (κ3) is 3.14. The van der Waals surface area contributed by atoms with Crippen LogP contribution in [0, 0.1) is 5.41 Å². The molecule has 0 fully saturated rings. The van der Waals surface area contributed by atoms with E-state index in [4.69, 9.17) is 4.74 Å². The van der Waals surface area contributed by atoms with Crippen molar-refractivity contribution in [2.24, 2.45) is 5.41 Å². The summed E-state index contributed by atoms with van der Waals surface area (Å²) in [6.45, 7) is 5.49. The summed E-state index contributed by atoms with van der Waals surface area (Å²) in [6, 6.07) is 0. The van der Waals surface area contributed by atoms with E-state index in [1.165, 1.54) is 0 Å². The average molecular weight is 198 g/mol. The molecule has 3 nitrogen and oxygen atoms in total. The second kappa shape index (κ2) is 4.13. The summed E-state index contributed by atoms with van der Waals surface area (Å²) in [5.74, 6) is -0.191. The summed E-state index contributed by atoms with van der Waals surface area (Å²) in [5, 5.41) is 9.19. The standard InChI is InChI=1S/C11H18O3/c1-11(2,3)10(13)14-9-6-4-8(12)5-7-9/h4,6,8-9,12H,5,7H2,1-3H3/t8-,9+/m0/s1. The predicted octanol–water partition coefficient (Wildman–Crippen LogP) is 1.66. The Hall–Kier alpha value is -0.830. The van der Waals surface area contributed by atoms with Crippen LogP contribution in [-0.2, 0) is 9.53 Å². The van der Waals surface area contributed by atoms with Crippen molar-refractivity contribution in [1.29, 1.82) is 0 Å². The highest BCUT2D eigenvalue weighted by molar-refractivity contribution is 5.75. The maximum atomic E-state index is 11.5. The molecule has 1 N–H and O–H groups in total. The van der Waals surface area contributed by atoms with E-state index in [9.17, 15) is 9.90 Å². The highest BCUT2D eigenvalue weighted by Gasteiger charge is 2.26. The summed E-state index contributed by atoms with van der Waals surface area (Å²) < 4.78 is 5.27. The van der Waals surface area contributed by atoms with Crippen LogP contribution in [0.15, 0.2) is 12.2 Å². The molecule has 3 heteroatoms. The summed E-state index contributed by atoms with van der Waals surface area (Å²) in [4.78, 5) is 11.5. The minimum absolute atomic E-state index is 0.162. The van der Waals surface area contributed by atoms with Gasteiger partial charge in [0.25, 0.3) is 0 Å². The van der Waals surface area contributed by atoms with Gasteiger partial charge >= 0.3 is 5.97 Å². The topological polar surface area (TPSA) is 46.5 Å². The molecule has 0 aromatic heterocycles. The molecule has 80 valence electrons. The maximum absolute atomic E-state index is 11.5. The highest BCUT2D eigenvalue weighted by atomic mass is 16.5. The summed E-state index contributed by atoms with van der Waals surface area (Å²) >= 11 is 0. The number of aliphatic hydroxyl groups excluding tert-OH is 1. The van der Waals surface area contributed by atoms with Gasteiger partial charge in [-0.2, -0.15) is 0 Å². The quantitative estimate of drug-likeness (QED) is 0.515. The van der Waals surface area contributed by atoms with Gasteiger partial charge in [-0.05, 0) is 39.7 Å². The molecule has 0 aromatic carbocycles. The lowest BCUT2D eigenvalue weighted by atomic mass is 9.96. The van der Waals surface area contributed by atoms with Crippen molar-refractivity contribution in [2.75, 3.05) is 0 Å². The van der Waals surface area contributed by atoms with Gasteiger partial charge in [-0.25, -0.2) is 0 Å². The summed E-state index contributed by atoms with van der Waals surface area (Å²) in [7, 11) is 0.